The molecule has 1 aliphatic heterocycles. The lowest BCUT2D eigenvalue weighted by Crippen LogP contribution is -2.49. The molecule has 24 heavy (non-hydrogen) atoms. The highest BCUT2D eigenvalue weighted by molar-refractivity contribution is 7.10. The molecule has 1 fully saturated rings. The molecule has 0 unspecified atom stereocenters. The lowest BCUT2D eigenvalue weighted by Gasteiger charge is -2.36. The van der Waals surface area contributed by atoms with Gasteiger partial charge >= 0.3 is 0 Å². The minimum absolute atomic E-state index is 0.0989. The van der Waals surface area contributed by atoms with Crippen LogP contribution in [0.5, 0.6) is 0 Å². The Hall–Kier alpha value is -1.73. The molecule has 0 saturated carbocycles. The summed E-state index contributed by atoms with van der Waals surface area (Å²) in [5.41, 5.74) is -0.548. The number of rotatable bonds is 4. The first kappa shape index (κ1) is 17.1. The molecule has 0 aliphatic carbocycles. The Labute approximate surface area is 145 Å². The van der Waals surface area contributed by atoms with Crippen molar-refractivity contribution in [3.8, 4) is 0 Å². The second-order valence-corrected chi connectivity index (χ2v) is 7.79. The minimum Gasteiger partial charge on any atom is -0.422 e. The van der Waals surface area contributed by atoms with Crippen LogP contribution in [0.3, 0.4) is 0 Å². The van der Waals surface area contributed by atoms with E-state index in [1.165, 1.54) is 0 Å². The number of thiophene rings is 1. The monoisotopic (exact) mass is 349 g/mol. The maximum Gasteiger partial charge on any atom is 0.247 e. The van der Waals surface area contributed by atoms with Gasteiger partial charge in [0.2, 0.25) is 17.7 Å². The number of nitrogens with zero attached hydrogens (tertiary/aromatic N) is 3. The zero-order chi connectivity index (χ0) is 17.3. The predicted octanol–water partition coefficient (Wildman–Crippen LogP) is 3.13. The van der Waals surface area contributed by atoms with Crippen molar-refractivity contribution in [2.45, 2.75) is 45.1 Å². The Balaban J connectivity index is 1.74. The van der Waals surface area contributed by atoms with Gasteiger partial charge in [-0.15, -0.1) is 21.5 Å². The van der Waals surface area contributed by atoms with Gasteiger partial charge < -0.3 is 14.1 Å². The lowest BCUT2D eigenvalue weighted by atomic mass is 9.89. The molecule has 0 aromatic carbocycles. The van der Waals surface area contributed by atoms with E-state index in [1.807, 2.05) is 50.1 Å². The molecular formula is C17H23N3O3S. The van der Waals surface area contributed by atoms with E-state index in [-0.39, 0.29) is 17.9 Å². The number of hydrogen-bond donors (Lipinski definition) is 0. The molecule has 1 aliphatic rings. The smallest absolute Gasteiger partial charge is 0.247 e. The molecule has 1 amide bonds. The highest BCUT2D eigenvalue weighted by Crippen LogP contribution is 2.32. The molecule has 0 N–H and O–H groups in total. The third-order valence-electron chi connectivity index (χ3n) is 4.25. The largest absolute Gasteiger partial charge is 0.422 e. The van der Waals surface area contributed by atoms with Gasteiger partial charge in [-0.05, 0) is 25.3 Å². The summed E-state index contributed by atoms with van der Waals surface area (Å²) in [7, 11) is 0. The summed E-state index contributed by atoms with van der Waals surface area (Å²) < 4.78 is 11.4. The van der Waals surface area contributed by atoms with Gasteiger partial charge in [0.05, 0.1) is 18.6 Å². The van der Waals surface area contributed by atoms with Gasteiger partial charge in [0.15, 0.2) is 6.10 Å². The molecule has 2 aromatic rings. The van der Waals surface area contributed by atoms with E-state index in [2.05, 4.69) is 10.2 Å². The van der Waals surface area contributed by atoms with E-state index in [4.69, 9.17) is 9.15 Å². The molecule has 1 atom stereocenters. The Morgan fingerprint density at radius 3 is 2.83 bits per heavy atom. The fourth-order valence-corrected chi connectivity index (χ4v) is 3.57. The minimum atomic E-state index is -0.548. The molecule has 0 spiro atoms. The number of ether oxygens (including phenoxy) is 1. The Morgan fingerprint density at radius 1 is 1.42 bits per heavy atom. The van der Waals surface area contributed by atoms with Crippen LogP contribution in [0, 0.1) is 0 Å². The quantitative estimate of drug-likeness (QED) is 0.848. The molecule has 3 heterocycles. The summed E-state index contributed by atoms with van der Waals surface area (Å²) in [4.78, 5) is 15.9. The van der Waals surface area contributed by atoms with Gasteiger partial charge in [-0.25, -0.2) is 0 Å². The summed E-state index contributed by atoms with van der Waals surface area (Å²) in [5, 5.41) is 10.1. The normalized spacial score (nSPS) is 19.0. The van der Waals surface area contributed by atoms with E-state index in [1.54, 1.807) is 11.3 Å². The van der Waals surface area contributed by atoms with Crippen LogP contribution in [-0.2, 0) is 14.9 Å². The molecule has 2 aromatic heterocycles. The number of carbonyl (C=O) groups excluding carboxylic acids is 1. The van der Waals surface area contributed by atoms with E-state index in [0.717, 1.165) is 4.88 Å². The zero-order valence-electron chi connectivity index (χ0n) is 14.5. The van der Waals surface area contributed by atoms with Crippen LogP contribution in [0.4, 0.5) is 0 Å². The van der Waals surface area contributed by atoms with Crippen LogP contribution < -0.4 is 0 Å². The van der Waals surface area contributed by atoms with Crippen molar-refractivity contribution in [1.82, 2.24) is 15.1 Å². The third-order valence-corrected chi connectivity index (χ3v) is 5.44. The van der Waals surface area contributed by atoms with Crippen molar-refractivity contribution in [3.05, 3.63) is 34.2 Å². The first-order valence-corrected chi connectivity index (χ1v) is 9.06. The van der Waals surface area contributed by atoms with Crippen molar-refractivity contribution in [1.29, 1.82) is 0 Å². The van der Waals surface area contributed by atoms with Crippen LogP contribution in [0.25, 0.3) is 0 Å². The maximum atomic E-state index is 13.0. The molecular weight excluding hydrogens is 326 g/mol. The molecule has 0 radical (unpaired) electrons. The van der Waals surface area contributed by atoms with Gasteiger partial charge in [-0.1, -0.05) is 19.9 Å². The van der Waals surface area contributed by atoms with E-state index < -0.39 is 5.41 Å². The van der Waals surface area contributed by atoms with Crippen molar-refractivity contribution in [2.75, 3.05) is 19.7 Å². The second kappa shape index (κ2) is 6.64. The van der Waals surface area contributed by atoms with Crippen LogP contribution in [0.2, 0.25) is 0 Å². The van der Waals surface area contributed by atoms with Crippen molar-refractivity contribution in [3.63, 3.8) is 0 Å². The van der Waals surface area contributed by atoms with Gasteiger partial charge in [0.25, 0.3) is 0 Å². The van der Waals surface area contributed by atoms with E-state index in [9.17, 15) is 4.79 Å². The number of morpholine rings is 1. The predicted molar refractivity (Wildman–Crippen MR) is 91.0 cm³/mol. The molecule has 6 nitrogen and oxygen atoms in total. The summed E-state index contributed by atoms with van der Waals surface area (Å²) in [6.45, 7) is 9.42. The van der Waals surface area contributed by atoms with Gasteiger partial charge in [0, 0.05) is 17.3 Å². The van der Waals surface area contributed by atoms with Crippen LogP contribution in [0.1, 0.15) is 56.4 Å². The first-order valence-electron chi connectivity index (χ1n) is 8.18. The topological polar surface area (TPSA) is 68.5 Å². The van der Waals surface area contributed by atoms with Crippen molar-refractivity contribution in [2.24, 2.45) is 0 Å². The molecule has 130 valence electrons. The van der Waals surface area contributed by atoms with Crippen LogP contribution >= 0.6 is 11.3 Å². The summed E-state index contributed by atoms with van der Waals surface area (Å²) in [6.07, 6.45) is -0.359. The van der Waals surface area contributed by atoms with Crippen molar-refractivity contribution < 1.29 is 13.9 Å². The average molecular weight is 349 g/mol. The summed E-state index contributed by atoms with van der Waals surface area (Å²) >= 11 is 1.61. The zero-order valence-corrected chi connectivity index (χ0v) is 15.3. The Morgan fingerprint density at radius 2 is 2.21 bits per heavy atom. The Bertz CT molecular complexity index is 694. The van der Waals surface area contributed by atoms with Crippen molar-refractivity contribution >= 4 is 17.2 Å². The lowest BCUT2D eigenvalue weighted by molar-refractivity contribution is -0.144. The molecule has 0 bridgehead atoms. The first-order chi connectivity index (χ1) is 11.4. The maximum absolute atomic E-state index is 13.0. The highest BCUT2D eigenvalue weighted by Gasteiger charge is 2.38. The third kappa shape index (κ3) is 3.23. The van der Waals surface area contributed by atoms with Gasteiger partial charge in [0.1, 0.15) is 0 Å². The average Bonchev–Trinajstić information content (AvgIpc) is 3.25. The number of aromatic nitrogens is 2. The highest BCUT2D eigenvalue weighted by atomic mass is 32.1. The number of amides is 1. The van der Waals surface area contributed by atoms with Crippen LogP contribution in [-0.4, -0.2) is 40.7 Å². The van der Waals surface area contributed by atoms with Gasteiger partial charge in [-0.2, -0.15) is 0 Å². The fraction of sp³-hybridized carbons (Fsp3) is 0.588. The number of carbonyl (C=O) groups is 1. The second-order valence-electron chi connectivity index (χ2n) is 6.85. The fourth-order valence-electron chi connectivity index (χ4n) is 2.73. The standard InChI is InChI=1S/C17H23N3O3S/c1-11(2)14-18-19-15(23-14)12-10-20(7-8-22-12)16(21)17(3,4)13-6-5-9-24-13/h5-6,9,11-12H,7-8,10H2,1-4H3/t12-/m1/s1. The van der Waals surface area contributed by atoms with E-state index in [0.29, 0.717) is 31.5 Å². The number of hydrogen-bond acceptors (Lipinski definition) is 6. The molecule has 7 heteroatoms. The van der Waals surface area contributed by atoms with Crippen LogP contribution in [0.15, 0.2) is 21.9 Å². The Kier molecular flexibility index (Phi) is 4.73. The SMILES string of the molecule is CC(C)c1nnc([C@H]2CN(C(=O)C(C)(C)c3cccs3)CCO2)o1. The molecule has 3 rings (SSSR count). The van der Waals surface area contributed by atoms with E-state index >= 15 is 0 Å². The molecule has 1 saturated heterocycles. The summed E-state index contributed by atoms with van der Waals surface area (Å²) in [5.74, 6) is 1.31. The summed E-state index contributed by atoms with van der Waals surface area (Å²) in [6, 6.07) is 3.98. The van der Waals surface area contributed by atoms with Gasteiger partial charge in [-0.3, -0.25) is 4.79 Å².